The Morgan fingerprint density at radius 1 is 0.800 bits per heavy atom. The van der Waals surface area contributed by atoms with E-state index >= 15 is 0 Å². The van der Waals surface area contributed by atoms with Gasteiger partial charge >= 0.3 is 0 Å². The third-order valence-corrected chi connectivity index (χ3v) is 7.64. The molecule has 1 fully saturated rings. The average Bonchev–Trinajstić information content (AvgIpc) is 3.05. The molecule has 0 N–H and O–H groups in total. The number of nitrogens with zero attached hydrogens (tertiary/aromatic N) is 1. The van der Waals surface area contributed by atoms with Gasteiger partial charge in [-0.3, -0.25) is 9.59 Å². The summed E-state index contributed by atoms with van der Waals surface area (Å²) in [4.78, 5) is 29.2. The highest BCUT2D eigenvalue weighted by atomic mass is 16.2. The molecule has 0 radical (unpaired) electrons. The lowest BCUT2D eigenvalue weighted by Gasteiger charge is -2.54. The normalized spacial score (nSPS) is 28.3. The van der Waals surface area contributed by atoms with Crippen molar-refractivity contribution in [2.45, 2.75) is 31.6 Å². The lowest BCUT2D eigenvalue weighted by Crippen LogP contribution is -2.53. The van der Waals surface area contributed by atoms with Crippen LogP contribution in [0.4, 0.5) is 5.69 Å². The number of hydrogen-bond acceptors (Lipinski definition) is 2. The van der Waals surface area contributed by atoms with Gasteiger partial charge in [-0.15, -0.1) is 0 Å². The van der Waals surface area contributed by atoms with Crippen molar-refractivity contribution in [3.63, 3.8) is 0 Å². The van der Waals surface area contributed by atoms with E-state index in [1.54, 1.807) is 0 Å². The number of hydrogen-bond donors (Lipinski definition) is 0. The molecule has 1 aliphatic heterocycles. The van der Waals surface area contributed by atoms with Gasteiger partial charge in [-0.2, -0.15) is 0 Å². The first-order valence-corrected chi connectivity index (χ1v) is 10.7. The summed E-state index contributed by atoms with van der Waals surface area (Å²) in [5.74, 6) is -0.872. The summed E-state index contributed by atoms with van der Waals surface area (Å²) < 4.78 is 0. The van der Waals surface area contributed by atoms with Crippen molar-refractivity contribution in [1.29, 1.82) is 0 Å². The highest BCUT2D eigenvalue weighted by Gasteiger charge is 2.67. The molecule has 30 heavy (non-hydrogen) atoms. The molecule has 4 aliphatic rings. The molecular weight excluding hydrogens is 370 g/mol. The van der Waals surface area contributed by atoms with Gasteiger partial charge < -0.3 is 0 Å². The molecule has 2 bridgehead atoms. The first-order chi connectivity index (χ1) is 14.6. The molecule has 2 atom stereocenters. The van der Waals surface area contributed by atoms with Crippen molar-refractivity contribution < 1.29 is 9.59 Å². The van der Waals surface area contributed by atoms with Crippen LogP contribution in [0.3, 0.4) is 0 Å². The molecule has 0 aromatic heterocycles. The van der Waals surface area contributed by atoms with Gasteiger partial charge in [0.15, 0.2) is 0 Å². The Morgan fingerprint density at radius 3 is 1.93 bits per heavy atom. The summed E-state index contributed by atoms with van der Waals surface area (Å²) in [5.41, 5.74) is 6.22. The van der Waals surface area contributed by atoms with Crippen LogP contribution in [0.5, 0.6) is 0 Å². The highest BCUT2D eigenvalue weighted by molar-refractivity contribution is 6.23. The molecule has 1 saturated heterocycles. The Balaban J connectivity index is 1.63. The van der Waals surface area contributed by atoms with E-state index in [4.69, 9.17) is 0 Å². The van der Waals surface area contributed by atoms with Gasteiger partial charge in [-0.05, 0) is 47.7 Å². The van der Waals surface area contributed by atoms with Crippen LogP contribution in [0.25, 0.3) is 0 Å². The average molecular weight is 393 g/mol. The molecule has 148 valence electrons. The maximum atomic E-state index is 13.9. The fourth-order valence-electron chi connectivity index (χ4n) is 6.48. The number of rotatable bonds is 2. The zero-order valence-corrected chi connectivity index (χ0v) is 17.1. The van der Waals surface area contributed by atoms with Gasteiger partial charge in [0.2, 0.25) is 11.8 Å². The van der Waals surface area contributed by atoms with Gasteiger partial charge in [0.05, 0.1) is 17.5 Å². The largest absolute Gasteiger partial charge is 0.274 e. The topological polar surface area (TPSA) is 37.4 Å². The lowest BCUT2D eigenvalue weighted by molar-refractivity contribution is -0.123. The Morgan fingerprint density at radius 2 is 1.37 bits per heavy atom. The van der Waals surface area contributed by atoms with Crippen LogP contribution in [0.15, 0.2) is 72.8 Å². The van der Waals surface area contributed by atoms with Crippen molar-refractivity contribution in [1.82, 2.24) is 0 Å². The summed E-state index contributed by atoms with van der Waals surface area (Å²) in [6, 6.07) is 24.6. The fraction of sp³-hybridized carbons (Fsp3) is 0.259. The molecular formula is C27H23NO2. The van der Waals surface area contributed by atoms with Crippen LogP contribution in [0.2, 0.25) is 0 Å². The molecule has 0 saturated carbocycles. The van der Waals surface area contributed by atoms with E-state index < -0.39 is 5.41 Å². The molecule has 3 nitrogen and oxygen atoms in total. The Bertz CT molecular complexity index is 1160. The SMILES string of the molecule is CCC12c3ccccc3C(c3ccccc31)C1C(=O)N(c3ccc(C)cc3)C(=O)C12. The molecule has 7 rings (SSSR count). The number of amides is 2. The summed E-state index contributed by atoms with van der Waals surface area (Å²) in [6.07, 6.45) is 0.787. The predicted molar refractivity (Wildman–Crippen MR) is 116 cm³/mol. The number of benzene rings is 3. The number of carbonyl (C=O) groups is 2. The standard InChI is InChI=1S/C27H23NO2/c1-3-27-20-10-6-4-8-18(20)22(19-9-5-7-11-21(19)27)23-24(27)26(30)28(25(23)29)17-14-12-16(2)13-15-17/h4-15,22-24H,3H2,1-2H3. The van der Waals surface area contributed by atoms with Crippen LogP contribution in [-0.4, -0.2) is 11.8 Å². The zero-order chi connectivity index (χ0) is 20.6. The molecule has 2 unspecified atom stereocenters. The van der Waals surface area contributed by atoms with E-state index in [2.05, 4.69) is 55.5 Å². The maximum Gasteiger partial charge on any atom is 0.238 e. The zero-order valence-electron chi connectivity index (χ0n) is 17.1. The van der Waals surface area contributed by atoms with Gasteiger partial charge in [0, 0.05) is 11.3 Å². The quantitative estimate of drug-likeness (QED) is 0.578. The van der Waals surface area contributed by atoms with Crippen LogP contribution < -0.4 is 4.90 Å². The van der Waals surface area contributed by atoms with E-state index in [1.165, 1.54) is 27.2 Å². The van der Waals surface area contributed by atoms with E-state index in [-0.39, 0.29) is 29.6 Å². The molecule has 3 aromatic rings. The first-order valence-electron chi connectivity index (χ1n) is 10.7. The van der Waals surface area contributed by atoms with Crippen molar-refractivity contribution in [2.24, 2.45) is 11.8 Å². The van der Waals surface area contributed by atoms with Crippen molar-refractivity contribution in [2.75, 3.05) is 4.90 Å². The fourth-order valence-corrected chi connectivity index (χ4v) is 6.48. The number of anilines is 1. The van der Waals surface area contributed by atoms with Crippen LogP contribution >= 0.6 is 0 Å². The molecule has 2 amide bonds. The molecule has 3 heteroatoms. The summed E-state index contributed by atoms with van der Waals surface area (Å²) in [5, 5.41) is 0. The number of carbonyl (C=O) groups excluding carboxylic acids is 2. The predicted octanol–water partition coefficient (Wildman–Crippen LogP) is 4.96. The maximum absolute atomic E-state index is 13.9. The van der Waals surface area contributed by atoms with Crippen LogP contribution in [0, 0.1) is 18.8 Å². The molecule has 3 aromatic carbocycles. The summed E-state index contributed by atoms with van der Waals surface area (Å²) in [6.45, 7) is 4.17. The smallest absolute Gasteiger partial charge is 0.238 e. The first kappa shape index (κ1) is 17.6. The van der Waals surface area contributed by atoms with E-state index in [0.717, 1.165) is 12.0 Å². The Hall–Kier alpha value is -3.20. The molecule has 3 aliphatic carbocycles. The summed E-state index contributed by atoms with van der Waals surface area (Å²) in [7, 11) is 0. The monoisotopic (exact) mass is 393 g/mol. The van der Waals surface area contributed by atoms with E-state index in [1.807, 2.05) is 31.2 Å². The minimum Gasteiger partial charge on any atom is -0.274 e. The minimum atomic E-state index is -0.460. The van der Waals surface area contributed by atoms with Crippen LogP contribution in [-0.2, 0) is 15.0 Å². The Kier molecular flexibility index (Phi) is 3.48. The molecule has 0 spiro atoms. The number of imide groups is 1. The van der Waals surface area contributed by atoms with Gasteiger partial charge in [-0.25, -0.2) is 4.90 Å². The van der Waals surface area contributed by atoms with Gasteiger partial charge in [-0.1, -0.05) is 73.2 Å². The van der Waals surface area contributed by atoms with Crippen LogP contribution in [0.1, 0.15) is 47.1 Å². The lowest BCUT2D eigenvalue weighted by atomic mass is 9.46. The van der Waals surface area contributed by atoms with E-state index in [9.17, 15) is 9.59 Å². The third-order valence-electron chi connectivity index (χ3n) is 7.64. The molecule has 1 heterocycles. The second-order valence-corrected chi connectivity index (χ2v) is 8.83. The third kappa shape index (κ3) is 1.91. The van der Waals surface area contributed by atoms with Crippen molar-refractivity contribution in [3.8, 4) is 0 Å². The van der Waals surface area contributed by atoms with Crippen molar-refractivity contribution >= 4 is 17.5 Å². The highest BCUT2D eigenvalue weighted by Crippen LogP contribution is 2.65. The number of aryl methyl sites for hydroxylation is 1. The Labute approximate surface area is 176 Å². The van der Waals surface area contributed by atoms with Crippen molar-refractivity contribution in [3.05, 3.63) is 101 Å². The minimum absolute atomic E-state index is 0.0512. The summed E-state index contributed by atoms with van der Waals surface area (Å²) >= 11 is 0. The van der Waals surface area contributed by atoms with Gasteiger partial charge in [0.25, 0.3) is 0 Å². The second kappa shape index (κ2) is 5.91. The van der Waals surface area contributed by atoms with Gasteiger partial charge in [0.1, 0.15) is 0 Å². The second-order valence-electron chi connectivity index (χ2n) is 8.83. The van der Waals surface area contributed by atoms with E-state index in [0.29, 0.717) is 5.69 Å².